The van der Waals surface area contributed by atoms with Crippen LogP contribution < -0.4 is 0 Å². The van der Waals surface area contributed by atoms with Crippen LogP contribution in [0.5, 0.6) is 0 Å². The highest BCUT2D eigenvalue weighted by Gasteiger charge is 2.30. The quantitative estimate of drug-likeness (QED) is 0.780. The Bertz CT molecular complexity index is 610. The molecule has 0 saturated carbocycles. The Labute approximate surface area is 126 Å². The van der Waals surface area contributed by atoms with E-state index in [2.05, 4.69) is 0 Å². The fourth-order valence-corrected chi connectivity index (χ4v) is 4.24. The van der Waals surface area contributed by atoms with Crippen LogP contribution in [0.3, 0.4) is 0 Å². The van der Waals surface area contributed by atoms with Crippen LogP contribution in [-0.4, -0.2) is 45.3 Å². The van der Waals surface area contributed by atoms with E-state index in [9.17, 15) is 13.2 Å². The number of ether oxygens (including phenoxy) is 1. The van der Waals surface area contributed by atoms with Crippen LogP contribution in [0, 0.1) is 5.92 Å². The van der Waals surface area contributed by atoms with Gasteiger partial charge in [0.05, 0.1) is 11.5 Å². The Balaban J connectivity index is 2.25. The first kappa shape index (κ1) is 16.1. The smallest absolute Gasteiger partial charge is 0.243 e. The maximum atomic E-state index is 12.7. The topological polar surface area (TPSA) is 63.7 Å². The summed E-state index contributed by atoms with van der Waals surface area (Å²) >= 11 is 0. The first-order valence-electron chi connectivity index (χ1n) is 7.05. The number of methoxy groups -OCH3 is 1. The average Bonchev–Trinajstić information content (AvgIpc) is 2.48. The molecule has 0 aromatic heterocycles. The molecule has 0 radical (unpaired) electrons. The summed E-state index contributed by atoms with van der Waals surface area (Å²) < 4.78 is 32.0. The number of Topliss-reactive ketones (excluding diaryl/α,β-unsaturated/α-hetero) is 1. The summed E-state index contributed by atoms with van der Waals surface area (Å²) in [6.45, 7) is 2.99. The maximum Gasteiger partial charge on any atom is 0.243 e. The Kier molecular flexibility index (Phi) is 5.13. The molecule has 1 heterocycles. The predicted octanol–water partition coefficient (Wildman–Crippen LogP) is 1.94. The molecule has 1 atom stereocenters. The van der Waals surface area contributed by atoms with Crippen LogP contribution in [0.2, 0.25) is 0 Å². The second kappa shape index (κ2) is 6.68. The lowest BCUT2D eigenvalue weighted by molar-refractivity contribution is 0.101. The molecule has 1 aliphatic heterocycles. The largest absolute Gasteiger partial charge is 0.384 e. The standard InChI is InChI=1S/C15H21NO4S/c1-12(17)14-6-3-7-15(9-14)21(18,19)16-8-4-5-13(10-16)11-20-2/h3,6-7,9,13H,4-5,8,10-11H2,1-2H3. The van der Waals surface area contributed by atoms with E-state index < -0.39 is 10.0 Å². The summed E-state index contributed by atoms with van der Waals surface area (Å²) in [5.41, 5.74) is 0.418. The molecule has 0 aliphatic carbocycles. The van der Waals surface area contributed by atoms with Crippen LogP contribution in [0.4, 0.5) is 0 Å². The van der Waals surface area contributed by atoms with Gasteiger partial charge in [-0.25, -0.2) is 8.42 Å². The van der Waals surface area contributed by atoms with Gasteiger partial charge < -0.3 is 4.74 Å². The molecule has 0 amide bonds. The van der Waals surface area contributed by atoms with Crippen LogP contribution in [0.1, 0.15) is 30.1 Å². The Morgan fingerprint density at radius 3 is 2.86 bits per heavy atom. The predicted molar refractivity (Wildman–Crippen MR) is 79.8 cm³/mol. The van der Waals surface area contributed by atoms with Crippen molar-refractivity contribution in [1.29, 1.82) is 0 Å². The minimum atomic E-state index is -3.54. The lowest BCUT2D eigenvalue weighted by Crippen LogP contribution is -2.41. The van der Waals surface area contributed by atoms with Gasteiger partial charge in [-0.15, -0.1) is 0 Å². The van der Waals surface area contributed by atoms with Crippen molar-refractivity contribution >= 4 is 15.8 Å². The third-order valence-corrected chi connectivity index (χ3v) is 5.62. The van der Waals surface area contributed by atoms with Gasteiger partial charge in [-0.05, 0) is 37.8 Å². The van der Waals surface area contributed by atoms with Crippen molar-refractivity contribution in [2.45, 2.75) is 24.7 Å². The molecule has 1 aromatic rings. The molecule has 2 rings (SSSR count). The Hall–Kier alpha value is -1.24. The second-order valence-electron chi connectivity index (χ2n) is 5.41. The molecule has 21 heavy (non-hydrogen) atoms. The Morgan fingerprint density at radius 2 is 2.19 bits per heavy atom. The van der Waals surface area contributed by atoms with Crippen LogP contribution in [-0.2, 0) is 14.8 Å². The first-order valence-corrected chi connectivity index (χ1v) is 8.49. The lowest BCUT2D eigenvalue weighted by Gasteiger charge is -2.31. The molecule has 1 aliphatic rings. The average molecular weight is 311 g/mol. The van der Waals surface area contributed by atoms with Gasteiger partial charge in [-0.1, -0.05) is 12.1 Å². The van der Waals surface area contributed by atoms with Gasteiger partial charge in [-0.3, -0.25) is 4.79 Å². The molecule has 116 valence electrons. The molecule has 0 N–H and O–H groups in total. The van der Waals surface area contributed by atoms with Gasteiger partial charge >= 0.3 is 0 Å². The number of benzene rings is 1. The minimum Gasteiger partial charge on any atom is -0.384 e. The lowest BCUT2D eigenvalue weighted by atomic mass is 10.0. The van der Waals surface area contributed by atoms with E-state index in [0.29, 0.717) is 25.3 Å². The van der Waals surface area contributed by atoms with Gasteiger partial charge in [0.15, 0.2) is 5.78 Å². The maximum absolute atomic E-state index is 12.7. The number of piperidine rings is 1. The van der Waals surface area contributed by atoms with E-state index in [-0.39, 0.29) is 16.6 Å². The minimum absolute atomic E-state index is 0.136. The molecule has 5 nitrogen and oxygen atoms in total. The summed E-state index contributed by atoms with van der Waals surface area (Å²) in [6.07, 6.45) is 1.81. The molecular weight excluding hydrogens is 290 g/mol. The van der Waals surface area contributed by atoms with E-state index in [1.807, 2.05) is 0 Å². The number of hydrogen-bond donors (Lipinski definition) is 0. The van der Waals surface area contributed by atoms with Gasteiger partial charge in [0.2, 0.25) is 10.0 Å². The molecule has 0 bridgehead atoms. The third-order valence-electron chi connectivity index (χ3n) is 3.76. The molecule has 1 saturated heterocycles. The van der Waals surface area contributed by atoms with Crippen LogP contribution in [0.25, 0.3) is 0 Å². The van der Waals surface area contributed by atoms with Crippen molar-refractivity contribution < 1.29 is 17.9 Å². The van der Waals surface area contributed by atoms with Gasteiger partial charge in [0, 0.05) is 25.8 Å². The third kappa shape index (κ3) is 3.70. The summed E-state index contributed by atoms with van der Waals surface area (Å²) in [6, 6.07) is 6.24. The van der Waals surface area contributed by atoms with Crippen molar-refractivity contribution in [1.82, 2.24) is 4.31 Å². The summed E-state index contributed by atoms with van der Waals surface area (Å²) in [7, 11) is -1.91. The molecular formula is C15H21NO4S. The van der Waals surface area contributed by atoms with E-state index in [0.717, 1.165) is 12.8 Å². The molecule has 1 fully saturated rings. The highest BCUT2D eigenvalue weighted by atomic mass is 32.2. The van der Waals surface area contributed by atoms with Crippen LogP contribution in [0.15, 0.2) is 29.2 Å². The van der Waals surface area contributed by atoms with Crippen molar-refractivity contribution in [3.05, 3.63) is 29.8 Å². The number of carbonyl (C=O) groups excluding carboxylic acids is 1. The summed E-state index contributed by atoms with van der Waals surface area (Å²) in [4.78, 5) is 11.6. The van der Waals surface area contributed by atoms with E-state index in [4.69, 9.17) is 4.74 Å². The number of nitrogens with zero attached hydrogens (tertiary/aromatic N) is 1. The highest BCUT2D eigenvalue weighted by molar-refractivity contribution is 7.89. The normalized spacial score (nSPS) is 20.4. The number of ketones is 1. The van der Waals surface area contributed by atoms with Gasteiger partial charge in [-0.2, -0.15) is 4.31 Å². The molecule has 1 unspecified atom stereocenters. The molecule has 0 spiro atoms. The fraction of sp³-hybridized carbons (Fsp3) is 0.533. The van der Waals surface area contributed by atoms with E-state index >= 15 is 0 Å². The number of rotatable bonds is 5. The van der Waals surface area contributed by atoms with Gasteiger partial charge in [0.1, 0.15) is 0 Å². The molecule has 6 heteroatoms. The number of carbonyl (C=O) groups is 1. The summed E-state index contributed by atoms with van der Waals surface area (Å²) in [5.74, 6) is 0.0949. The highest BCUT2D eigenvalue weighted by Crippen LogP contribution is 2.24. The fourth-order valence-electron chi connectivity index (χ4n) is 2.64. The Morgan fingerprint density at radius 1 is 1.43 bits per heavy atom. The van der Waals surface area contributed by atoms with Crippen molar-refractivity contribution in [2.75, 3.05) is 26.8 Å². The van der Waals surface area contributed by atoms with Crippen molar-refractivity contribution in [3.8, 4) is 0 Å². The molecule has 1 aromatic carbocycles. The SMILES string of the molecule is COCC1CCCN(S(=O)(=O)c2cccc(C(C)=O)c2)C1. The zero-order valence-electron chi connectivity index (χ0n) is 12.4. The van der Waals surface area contributed by atoms with Gasteiger partial charge in [0.25, 0.3) is 0 Å². The van der Waals surface area contributed by atoms with E-state index in [1.54, 1.807) is 25.3 Å². The second-order valence-corrected chi connectivity index (χ2v) is 7.35. The van der Waals surface area contributed by atoms with Crippen molar-refractivity contribution in [3.63, 3.8) is 0 Å². The van der Waals surface area contributed by atoms with Crippen LogP contribution >= 0.6 is 0 Å². The number of sulfonamides is 1. The zero-order valence-corrected chi connectivity index (χ0v) is 13.2. The monoisotopic (exact) mass is 311 g/mol. The van der Waals surface area contributed by atoms with Crippen molar-refractivity contribution in [2.24, 2.45) is 5.92 Å². The summed E-state index contributed by atoms with van der Waals surface area (Å²) in [5, 5.41) is 0. The van der Waals surface area contributed by atoms with E-state index in [1.165, 1.54) is 17.3 Å². The number of hydrogen-bond acceptors (Lipinski definition) is 4. The zero-order chi connectivity index (χ0) is 15.5. The first-order chi connectivity index (χ1) is 9.95.